The van der Waals surface area contributed by atoms with Crippen LogP contribution < -0.4 is 10.2 Å². The molecule has 1 aromatic heterocycles. The Morgan fingerprint density at radius 2 is 1.85 bits per heavy atom. The molecule has 0 atom stereocenters. The van der Waals surface area contributed by atoms with Crippen molar-refractivity contribution in [2.24, 2.45) is 5.10 Å². The summed E-state index contributed by atoms with van der Waals surface area (Å²) in [7, 11) is 0. The smallest absolute Gasteiger partial charge is 0.250 e. The molecular formula is C26H22BrN3O2S. The standard InChI is InChI=1S/C26H22BrN3O2S/c1-18-14-25(22-7-3-4-8-23(22)29-18)33-17-26(31)30-28-15-20-6-2-5-9-24(20)32-16-19-10-12-21(27)13-11-19/h2-15H,16-17H2,1H3,(H,30,31)/b28-15+. The molecule has 0 spiro atoms. The van der Waals surface area contributed by atoms with Gasteiger partial charge in [-0.1, -0.05) is 58.4 Å². The van der Waals surface area contributed by atoms with Crippen LogP contribution in [0.25, 0.3) is 10.9 Å². The monoisotopic (exact) mass is 519 g/mol. The number of halogens is 1. The number of hydrazone groups is 1. The number of benzene rings is 3. The zero-order chi connectivity index (χ0) is 23.0. The van der Waals surface area contributed by atoms with Crippen LogP contribution in [0.1, 0.15) is 16.8 Å². The van der Waals surface area contributed by atoms with Crippen molar-refractivity contribution in [3.8, 4) is 5.75 Å². The predicted molar refractivity (Wildman–Crippen MR) is 138 cm³/mol. The maximum Gasteiger partial charge on any atom is 0.250 e. The summed E-state index contributed by atoms with van der Waals surface area (Å²) >= 11 is 4.91. The highest BCUT2D eigenvalue weighted by molar-refractivity contribution is 9.10. The Balaban J connectivity index is 1.34. The normalized spacial score (nSPS) is 11.1. The Morgan fingerprint density at radius 3 is 2.70 bits per heavy atom. The lowest BCUT2D eigenvalue weighted by molar-refractivity contribution is -0.118. The molecule has 1 heterocycles. The first-order chi connectivity index (χ1) is 16.1. The third-order valence-electron chi connectivity index (χ3n) is 4.78. The van der Waals surface area contributed by atoms with Gasteiger partial charge in [0.2, 0.25) is 5.91 Å². The van der Waals surface area contributed by atoms with Crippen LogP contribution in [0, 0.1) is 6.92 Å². The number of hydrogen-bond donors (Lipinski definition) is 1. The minimum atomic E-state index is -0.178. The molecule has 33 heavy (non-hydrogen) atoms. The van der Waals surface area contributed by atoms with E-state index in [1.54, 1.807) is 6.21 Å². The highest BCUT2D eigenvalue weighted by atomic mass is 79.9. The molecule has 0 saturated carbocycles. The Kier molecular flexibility index (Phi) is 7.75. The summed E-state index contributed by atoms with van der Waals surface area (Å²) in [6.45, 7) is 2.40. The number of carbonyl (C=O) groups is 1. The van der Waals surface area contributed by atoms with Crippen molar-refractivity contribution in [1.82, 2.24) is 10.4 Å². The summed E-state index contributed by atoms with van der Waals surface area (Å²) in [5.74, 6) is 0.779. The van der Waals surface area contributed by atoms with E-state index in [1.165, 1.54) is 11.8 Å². The van der Waals surface area contributed by atoms with Gasteiger partial charge in [-0.05, 0) is 48.9 Å². The van der Waals surface area contributed by atoms with E-state index in [2.05, 4.69) is 31.4 Å². The second-order valence-electron chi connectivity index (χ2n) is 7.31. The number of nitrogens with one attached hydrogen (secondary N) is 1. The van der Waals surface area contributed by atoms with Gasteiger partial charge in [-0.2, -0.15) is 5.10 Å². The molecule has 7 heteroatoms. The van der Waals surface area contributed by atoms with Gasteiger partial charge < -0.3 is 4.74 Å². The fourth-order valence-electron chi connectivity index (χ4n) is 3.20. The zero-order valence-corrected chi connectivity index (χ0v) is 20.4. The molecule has 3 aromatic carbocycles. The minimum Gasteiger partial charge on any atom is -0.488 e. The number of aromatic nitrogens is 1. The van der Waals surface area contributed by atoms with Gasteiger partial charge in [-0.25, -0.2) is 5.43 Å². The number of fused-ring (bicyclic) bond motifs is 1. The molecule has 0 aliphatic carbocycles. The average molecular weight is 520 g/mol. The number of amides is 1. The summed E-state index contributed by atoms with van der Waals surface area (Å²) < 4.78 is 6.98. The predicted octanol–water partition coefficient (Wildman–Crippen LogP) is 6.13. The first-order valence-electron chi connectivity index (χ1n) is 10.4. The lowest BCUT2D eigenvalue weighted by atomic mass is 10.2. The van der Waals surface area contributed by atoms with E-state index in [-0.39, 0.29) is 11.7 Å². The molecule has 4 aromatic rings. The molecule has 5 nitrogen and oxygen atoms in total. The number of pyridine rings is 1. The molecule has 4 rings (SSSR count). The summed E-state index contributed by atoms with van der Waals surface area (Å²) in [4.78, 5) is 17.9. The van der Waals surface area contributed by atoms with Crippen molar-refractivity contribution in [3.63, 3.8) is 0 Å². The SMILES string of the molecule is Cc1cc(SCC(=O)N/N=C/c2ccccc2OCc2ccc(Br)cc2)c2ccccc2n1. The van der Waals surface area contributed by atoms with E-state index < -0.39 is 0 Å². The fraction of sp³-hybridized carbons (Fsp3) is 0.115. The lowest BCUT2D eigenvalue weighted by Crippen LogP contribution is -2.19. The fourth-order valence-corrected chi connectivity index (χ4v) is 4.40. The van der Waals surface area contributed by atoms with Crippen molar-refractivity contribution < 1.29 is 9.53 Å². The van der Waals surface area contributed by atoms with Crippen molar-refractivity contribution in [2.75, 3.05) is 5.75 Å². The second-order valence-corrected chi connectivity index (χ2v) is 9.25. The number of nitrogens with zero attached hydrogens (tertiary/aromatic N) is 2. The molecule has 1 N–H and O–H groups in total. The van der Waals surface area contributed by atoms with Crippen LogP contribution >= 0.6 is 27.7 Å². The maximum atomic E-state index is 12.4. The van der Waals surface area contributed by atoms with Crippen LogP contribution in [0.2, 0.25) is 0 Å². The number of thioether (sulfide) groups is 1. The molecule has 0 saturated heterocycles. The van der Waals surface area contributed by atoms with E-state index in [0.29, 0.717) is 12.4 Å². The number of para-hydroxylation sites is 2. The molecule has 1 amide bonds. The average Bonchev–Trinajstić information content (AvgIpc) is 2.83. The van der Waals surface area contributed by atoms with Gasteiger partial charge in [-0.15, -0.1) is 11.8 Å². The molecule has 0 fully saturated rings. The molecule has 0 bridgehead atoms. The van der Waals surface area contributed by atoms with Gasteiger partial charge in [0.25, 0.3) is 0 Å². The zero-order valence-electron chi connectivity index (χ0n) is 18.0. The van der Waals surface area contributed by atoms with Crippen molar-refractivity contribution in [2.45, 2.75) is 18.4 Å². The van der Waals surface area contributed by atoms with Gasteiger partial charge >= 0.3 is 0 Å². The summed E-state index contributed by atoms with van der Waals surface area (Å²) in [6.07, 6.45) is 1.60. The molecular weight excluding hydrogens is 498 g/mol. The number of ether oxygens (including phenoxy) is 1. The molecule has 0 unspecified atom stereocenters. The quantitative estimate of drug-likeness (QED) is 0.173. The van der Waals surface area contributed by atoms with Crippen LogP contribution in [-0.4, -0.2) is 22.9 Å². The lowest BCUT2D eigenvalue weighted by Gasteiger charge is -2.09. The number of hydrogen-bond acceptors (Lipinski definition) is 5. The molecule has 0 radical (unpaired) electrons. The molecule has 0 aliphatic heterocycles. The topological polar surface area (TPSA) is 63.6 Å². The highest BCUT2D eigenvalue weighted by Gasteiger charge is 2.08. The van der Waals surface area contributed by atoms with Crippen LogP contribution in [0.15, 0.2) is 93.3 Å². The van der Waals surface area contributed by atoms with Crippen LogP contribution in [0.3, 0.4) is 0 Å². The third-order valence-corrected chi connectivity index (χ3v) is 6.37. The van der Waals surface area contributed by atoms with Gasteiger partial charge in [0.1, 0.15) is 12.4 Å². The number of carbonyl (C=O) groups excluding carboxylic acids is 1. The second kappa shape index (κ2) is 11.1. The van der Waals surface area contributed by atoms with Crippen LogP contribution in [-0.2, 0) is 11.4 Å². The first-order valence-corrected chi connectivity index (χ1v) is 12.1. The highest BCUT2D eigenvalue weighted by Crippen LogP contribution is 2.27. The minimum absolute atomic E-state index is 0.178. The van der Waals surface area contributed by atoms with Crippen molar-refractivity contribution >= 4 is 50.7 Å². The van der Waals surface area contributed by atoms with Crippen molar-refractivity contribution in [3.05, 3.63) is 100 Å². The van der Waals surface area contributed by atoms with E-state index in [1.807, 2.05) is 85.8 Å². The van der Waals surface area contributed by atoms with E-state index in [4.69, 9.17) is 4.74 Å². The van der Waals surface area contributed by atoms with Gasteiger partial charge in [-0.3, -0.25) is 9.78 Å². The number of aryl methyl sites for hydroxylation is 1. The Bertz CT molecular complexity index is 1290. The van der Waals surface area contributed by atoms with Crippen LogP contribution in [0.4, 0.5) is 0 Å². The van der Waals surface area contributed by atoms with E-state index >= 15 is 0 Å². The Hall–Kier alpha value is -3.16. The summed E-state index contributed by atoms with van der Waals surface area (Å²) in [6, 6.07) is 25.5. The molecule has 0 aliphatic rings. The first kappa shape index (κ1) is 23.0. The third kappa shape index (κ3) is 6.43. The van der Waals surface area contributed by atoms with Gasteiger partial charge in [0.05, 0.1) is 17.5 Å². The Labute approximate surface area is 205 Å². The maximum absolute atomic E-state index is 12.4. The summed E-state index contributed by atoms with van der Waals surface area (Å²) in [5.41, 5.74) is 6.31. The number of rotatable bonds is 8. The van der Waals surface area contributed by atoms with Gasteiger partial charge in [0, 0.05) is 26.0 Å². The van der Waals surface area contributed by atoms with Crippen molar-refractivity contribution in [1.29, 1.82) is 0 Å². The Morgan fingerprint density at radius 1 is 1.09 bits per heavy atom. The molecule has 166 valence electrons. The summed E-state index contributed by atoms with van der Waals surface area (Å²) in [5, 5.41) is 5.17. The largest absolute Gasteiger partial charge is 0.488 e. The van der Waals surface area contributed by atoms with E-state index in [9.17, 15) is 4.79 Å². The van der Waals surface area contributed by atoms with E-state index in [0.717, 1.165) is 37.1 Å². The van der Waals surface area contributed by atoms with Crippen LogP contribution in [0.5, 0.6) is 5.75 Å². The van der Waals surface area contributed by atoms with Gasteiger partial charge in [0.15, 0.2) is 0 Å².